The van der Waals surface area contributed by atoms with Crippen LogP contribution in [0.4, 0.5) is 0 Å². The molecule has 2 aliphatic rings. The van der Waals surface area contributed by atoms with E-state index in [0.29, 0.717) is 0 Å². The van der Waals surface area contributed by atoms with E-state index >= 15 is 0 Å². The predicted octanol–water partition coefficient (Wildman–Crippen LogP) is 3.83. The minimum atomic E-state index is 0.897. The fourth-order valence-corrected chi connectivity index (χ4v) is 3.02. The molecule has 2 rings (SSSR count). The lowest BCUT2D eigenvalue weighted by Gasteiger charge is -2.21. The molecule has 0 saturated heterocycles. The average Bonchev–Trinajstić information content (AvgIpc) is 2.85. The maximum atomic E-state index is 5.81. The molecule has 0 aromatic heterocycles. The average molecular weight is 187 g/mol. The SMILES string of the molecule is ClCC1CC1CC1CCCCC1. The lowest BCUT2D eigenvalue weighted by Crippen LogP contribution is -2.07. The van der Waals surface area contributed by atoms with Crippen molar-refractivity contribution < 1.29 is 0 Å². The molecule has 0 N–H and O–H groups in total. The molecule has 2 atom stereocenters. The van der Waals surface area contributed by atoms with E-state index in [1.807, 2.05) is 0 Å². The Morgan fingerprint density at radius 3 is 2.33 bits per heavy atom. The zero-order valence-electron chi connectivity index (χ0n) is 7.77. The van der Waals surface area contributed by atoms with Gasteiger partial charge in [0.05, 0.1) is 0 Å². The van der Waals surface area contributed by atoms with E-state index in [1.165, 1.54) is 44.9 Å². The standard InChI is InChI=1S/C11H19Cl/c12-8-11-7-10(11)6-9-4-2-1-3-5-9/h9-11H,1-8H2. The van der Waals surface area contributed by atoms with E-state index in [2.05, 4.69) is 0 Å². The minimum absolute atomic E-state index is 0.897. The number of rotatable bonds is 3. The van der Waals surface area contributed by atoms with Crippen LogP contribution in [0.5, 0.6) is 0 Å². The fourth-order valence-electron chi connectivity index (χ4n) is 2.64. The zero-order chi connectivity index (χ0) is 8.39. The summed E-state index contributed by atoms with van der Waals surface area (Å²) in [5.41, 5.74) is 0. The highest BCUT2D eigenvalue weighted by Gasteiger charge is 2.37. The highest BCUT2D eigenvalue weighted by molar-refractivity contribution is 6.18. The largest absolute Gasteiger partial charge is 0.126 e. The Hall–Kier alpha value is 0.290. The molecule has 0 radical (unpaired) electrons. The summed E-state index contributed by atoms with van der Waals surface area (Å²) in [7, 11) is 0. The van der Waals surface area contributed by atoms with E-state index in [0.717, 1.165) is 23.6 Å². The van der Waals surface area contributed by atoms with Gasteiger partial charge in [-0.2, -0.15) is 0 Å². The third kappa shape index (κ3) is 2.16. The van der Waals surface area contributed by atoms with E-state index < -0.39 is 0 Å². The number of hydrogen-bond donors (Lipinski definition) is 0. The molecule has 70 valence electrons. The van der Waals surface area contributed by atoms with Gasteiger partial charge < -0.3 is 0 Å². The van der Waals surface area contributed by atoms with Crippen molar-refractivity contribution in [1.82, 2.24) is 0 Å². The Kier molecular flexibility index (Phi) is 2.96. The predicted molar refractivity (Wildman–Crippen MR) is 53.5 cm³/mol. The maximum Gasteiger partial charge on any atom is 0.0254 e. The topological polar surface area (TPSA) is 0 Å². The van der Waals surface area contributed by atoms with Crippen LogP contribution in [0.25, 0.3) is 0 Å². The van der Waals surface area contributed by atoms with Crippen LogP contribution in [0.1, 0.15) is 44.9 Å². The summed E-state index contributed by atoms with van der Waals surface area (Å²) in [6.07, 6.45) is 10.4. The molecule has 0 aromatic rings. The van der Waals surface area contributed by atoms with Crippen LogP contribution in [-0.4, -0.2) is 5.88 Å². The normalized spacial score (nSPS) is 36.8. The lowest BCUT2D eigenvalue weighted by molar-refractivity contribution is 0.321. The van der Waals surface area contributed by atoms with Crippen LogP contribution in [0.2, 0.25) is 0 Å². The lowest BCUT2D eigenvalue weighted by atomic mass is 9.85. The molecular formula is C11H19Cl. The summed E-state index contributed by atoms with van der Waals surface area (Å²) in [6, 6.07) is 0. The molecular weight excluding hydrogens is 168 g/mol. The quantitative estimate of drug-likeness (QED) is 0.588. The molecule has 0 aliphatic heterocycles. The van der Waals surface area contributed by atoms with Crippen molar-refractivity contribution in [2.24, 2.45) is 17.8 Å². The molecule has 2 saturated carbocycles. The van der Waals surface area contributed by atoms with Crippen molar-refractivity contribution in [1.29, 1.82) is 0 Å². The Morgan fingerprint density at radius 2 is 1.75 bits per heavy atom. The summed E-state index contributed by atoms with van der Waals surface area (Å²) < 4.78 is 0. The summed E-state index contributed by atoms with van der Waals surface area (Å²) >= 11 is 5.81. The highest BCUT2D eigenvalue weighted by atomic mass is 35.5. The summed E-state index contributed by atoms with van der Waals surface area (Å²) in [6.45, 7) is 0. The van der Waals surface area contributed by atoms with Gasteiger partial charge in [0.15, 0.2) is 0 Å². The first-order valence-electron chi connectivity index (χ1n) is 5.46. The van der Waals surface area contributed by atoms with Gasteiger partial charge in [0, 0.05) is 5.88 Å². The van der Waals surface area contributed by atoms with Gasteiger partial charge in [-0.25, -0.2) is 0 Å². The van der Waals surface area contributed by atoms with Crippen LogP contribution < -0.4 is 0 Å². The van der Waals surface area contributed by atoms with Gasteiger partial charge in [0.1, 0.15) is 0 Å². The number of hydrogen-bond acceptors (Lipinski definition) is 0. The number of halogens is 1. The van der Waals surface area contributed by atoms with Crippen molar-refractivity contribution in [2.75, 3.05) is 5.88 Å². The van der Waals surface area contributed by atoms with Crippen LogP contribution in [0.15, 0.2) is 0 Å². The summed E-state index contributed by atoms with van der Waals surface area (Å²) in [5, 5.41) is 0. The van der Waals surface area contributed by atoms with Crippen LogP contribution >= 0.6 is 11.6 Å². The van der Waals surface area contributed by atoms with Gasteiger partial charge in [-0.15, -0.1) is 11.6 Å². The van der Waals surface area contributed by atoms with Crippen LogP contribution in [0, 0.1) is 17.8 Å². The first-order valence-corrected chi connectivity index (χ1v) is 5.99. The molecule has 0 aromatic carbocycles. The molecule has 1 heteroatoms. The van der Waals surface area contributed by atoms with Crippen LogP contribution in [-0.2, 0) is 0 Å². The van der Waals surface area contributed by atoms with Crippen molar-refractivity contribution >= 4 is 11.6 Å². The molecule has 12 heavy (non-hydrogen) atoms. The second-order valence-electron chi connectivity index (χ2n) is 4.65. The molecule has 0 amide bonds. The smallest absolute Gasteiger partial charge is 0.0254 e. The Morgan fingerprint density at radius 1 is 1.00 bits per heavy atom. The second-order valence-corrected chi connectivity index (χ2v) is 4.96. The van der Waals surface area contributed by atoms with Crippen molar-refractivity contribution in [3.63, 3.8) is 0 Å². The Balaban J connectivity index is 1.66. The Bertz CT molecular complexity index is 138. The fraction of sp³-hybridized carbons (Fsp3) is 1.00. The highest BCUT2D eigenvalue weighted by Crippen LogP contribution is 2.46. The molecule has 0 spiro atoms. The first kappa shape index (κ1) is 8.87. The van der Waals surface area contributed by atoms with Crippen LogP contribution in [0.3, 0.4) is 0 Å². The summed E-state index contributed by atoms with van der Waals surface area (Å²) in [4.78, 5) is 0. The van der Waals surface area contributed by atoms with Gasteiger partial charge in [0.2, 0.25) is 0 Å². The van der Waals surface area contributed by atoms with E-state index in [1.54, 1.807) is 0 Å². The Labute approximate surface area is 80.7 Å². The van der Waals surface area contributed by atoms with Gasteiger partial charge in [-0.3, -0.25) is 0 Å². The minimum Gasteiger partial charge on any atom is -0.126 e. The summed E-state index contributed by atoms with van der Waals surface area (Å²) in [5.74, 6) is 3.90. The van der Waals surface area contributed by atoms with E-state index in [-0.39, 0.29) is 0 Å². The molecule has 2 aliphatic carbocycles. The molecule has 0 nitrogen and oxygen atoms in total. The van der Waals surface area contributed by atoms with Gasteiger partial charge in [-0.1, -0.05) is 32.1 Å². The maximum absolute atomic E-state index is 5.81. The van der Waals surface area contributed by atoms with E-state index in [4.69, 9.17) is 11.6 Å². The van der Waals surface area contributed by atoms with Gasteiger partial charge >= 0.3 is 0 Å². The second kappa shape index (κ2) is 4.00. The van der Waals surface area contributed by atoms with E-state index in [9.17, 15) is 0 Å². The number of alkyl halides is 1. The third-order valence-corrected chi connectivity index (χ3v) is 4.02. The van der Waals surface area contributed by atoms with Crippen molar-refractivity contribution in [2.45, 2.75) is 44.9 Å². The molecule has 2 fully saturated rings. The van der Waals surface area contributed by atoms with Gasteiger partial charge in [-0.05, 0) is 30.6 Å². The monoisotopic (exact) mass is 186 g/mol. The third-order valence-electron chi connectivity index (χ3n) is 3.63. The van der Waals surface area contributed by atoms with Gasteiger partial charge in [0.25, 0.3) is 0 Å². The molecule has 0 bridgehead atoms. The molecule has 0 heterocycles. The first-order chi connectivity index (χ1) is 5.90. The molecule has 2 unspecified atom stereocenters. The zero-order valence-corrected chi connectivity index (χ0v) is 8.52. The van der Waals surface area contributed by atoms with Crippen molar-refractivity contribution in [3.8, 4) is 0 Å². The van der Waals surface area contributed by atoms with Crippen molar-refractivity contribution in [3.05, 3.63) is 0 Å².